The molecule has 0 bridgehead atoms. The molecule has 2 heterocycles. The van der Waals surface area contributed by atoms with Gasteiger partial charge in [-0.25, -0.2) is 0 Å². The van der Waals surface area contributed by atoms with E-state index >= 15 is 0 Å². The molecule has 0 aromatic carbocycles. The Kier molecular flexibility index (Phi) is 2.46. The van der Waals surface area contributed by atoms with Crippen LogP contribution in [0.5, 0.6) is 0 Å². The monoisotopic (exact) mass is 194 g/mol. The van der Waals surface area contributed by atoms with E-state index in [0.717, 1.165) is 38.3 Å². The van der Waals surface area contributed by atoms with Gasteiger partial charge in [0.05, 0.1) is 0 Å². The third-order valence-electron chi connectivity index (χ3n) is 3.10. The number of nitrogen functional groups attached to an aromatic ring is 1. The molecule has 0 saturated carbocycles. The number of aryl methyl sites for hydroxylation is 1. The molecular weight excluding hydrogens is 176 g/mol. The minimum absolute atomic E-state index is 0.723. The van der Waals surface area contributed by atoms with Crippen molar-refractivity contribution in [3.8, 4) is 0 Å². The molecule has 0 radical (unpaired) electrons. The van der Waals surface area contributed by atoms with E-state index in [9.17, 15) is 0 Å². The first-order valence-electron chi connectivity index (χ1n) is 5.25. The number of fused-ring (bicyclic) bond motifs is 1. The highest BCUT2D eigenvalue weighted by Gasteiger charge is 2.18. The normalized spacial score (nSPS) is 17.9. The van der Waals surface area contributed by atoms with Gasteiger partial charge >= 0.3 is 0 Å². The quantitative estimate of drug-likeness (QED) is 0.705. The van der Waals surface area contributed by atoms with Gasteiger partial charge in [0.15, 0.2) is 0 Å². The first-order chi connectivity index (χ1) is 6.72. The molecule has 1 aliphatic heterocycles. The van der Waals surface area contributed by atoms with Crippen LogP contribution in [-0.4, -0.2) is 34.3 Å². The fourth-order valence-electron chi connectivity index (χ4n) is 2.17. The molecule has 4 heteroatoms. The summed E-state index contributed by atoms with van der Waals surface area (Å²) < 4.78 is 1.93. The summed E-state index contributed by atoms with van der Waals surface area (Å²) in [5.41, 5.74) is 8.45. The van der Waals surface area contributed by atoms with Gasteiger partial charge in [-0.05, 0) is 13.0 Å². The number of nitrogens with two attached hydrogens (primary N) is 1. The minimum Gasteiger partial charge on any atom is -0.382 e. The van der Waals surface area contributed by atoms with Crippen LogP contribution >= 0.6 is 0 Å². The Morgan fingerprint density at radius 1 is 1.36 bits per heavy atom. The summed E-state index contributed by atoms with van der Waals surface area (Å²) in [6, 6.07) is 0. The molecule has 1 aromatic heterocycles. The topological polar surface area (TPSA) is 47.1 Å². The van der Waals surface area contributed by atoms with Crippen molar-refractivity contribution in [2.75, 3.05) is 25.4 Å². The molecule has 78 valence electrons. The molecule has 14 heavy (non-hydrogen) atoms. The van der Waals surface area contributed by atoms with Gasteiger partial charge in [-0.3, -0.25) is 4.68 Å². The van der Waals surface area contributed by atoms with Crippen LogP contribution in [0.2, 0.25) is 0 Å². The number of anilines is 1. The van der Waals surface area contributed by atoms with E-state index < -0.39 is 0 Å². The van der Waals surface area contributed by atoms with Gasteiger partial charge in [0, 0.05) is 37.8 Å². The smallest absolute Gasteiger partial charge is 0.148 e. The van der Waals surface area contributed by atoms with Gasteiger partial charge in [0.1, 0.15) is 5.82 Å². The van der Waals surface area contributed by atoms with E-state index in [1.807, 2.05) is 11.7 Å². The maximum Gasteiger partial charge on any atom is 0.148 e. The van der Waals surface area contributed by atoms with Crippen molar-refractivity contribution in [3.63, 3.8) is 0 Å². The summed E-state index contributed by atoms with van der Waals surface area (Å²) in [6.07, 6.45) is 2.12. The molecule has 0 aliphatic carbocycles. The minimum atomic E-state index is 0.723. The molecule has 0 saturated heterocycles. The Bertz CT molecular complexity index is 301. The Balaban J connectivity index is 2.26. The van der Waals surface area contributed by atoms with Crippen molar-refractivity contribution >= 4 is 5.82 Å². The highest BCUT2D eigenvalue weighted by molar-refractivity contribution is 5.43. The highest BCUT2D eigenvalue weighted by Crippen LogP contribution is 2.20. The third-order valence-corrected chi connectivity index (χ3v) is 3.10. The molecule has 2 N–H and O–H groups in total. The number of aromatic nitrogens is 2. The molecule has 0 atom stereocenters. The van der Waals surface area contributed by atoms with Gasteiger partial charge < -0.3 is 10.6 Å². The molecule has 0 amide bonds. The van der Waals surface area contributed by atoms with E-state index in [1.54, 1.807) is 0 Å². The third kappa shape index (κ3) is 1.50. The van der Waals surface area contributed by atoms with Crippen LogP contribution in [0.4, 0.5) is 5.82 Å². The van der Waals surface area contributed by atoms with Crippen LogP contribution in [0.25, 0.3) is 0 Å². The van der Waals surface area contributed by atoms with Crippen LogP contribution in [0, 0.1) is 0 Å². The van der Waals surface area contributed by atoms with Gasteiger partial charge in [-0.2, -0.15) is 5.10 Å². The van der Waals surface area contributed by atoms with Crippen LogP contribution in [0.3, 0.4) is 0 Å². The van der Waals surface area contributed by atoms with Crippen molar-refractivity contribution in [2.45, 2.75) is 19.8 Å². The summed E-state index contributed by atoms with van der Waals surface area (Å²) >= 11 is 0. The number of hydrogen-bond donors (Lipinski definition) is 1. The van der Waals surface area contributed by atoms with Crippen molar-refractivity contribution < 1.29 is 0 Å². The molecule has 2 rings (SSSR count). The average Bonchev–Trinajstić information content (AvgIpc) is 2.40. The fourth-order valence-corrected chi connectivity index (χ4v) is 2.17. The van der Waals surface area contributed by atoms with Gasteiger partial charge in [-0.1, -0.05) is 6.92 Å². The Morgan fingerprint density at radius 2 is 2.07 bits per heavy atom. The first-order valence-corrected chi connectivity index (χ1v) is 5.25. The lowest BCUT2D eigenvalue weighted by atomic mass is 10.1. The largest absolute Gasteiger partial charge is 0.382 e. The van der Waals surface area contributed by atoms with Gasteiger partial charge in [0.2, 0.25) is 0 Å². The summed E-state index contributed by atoms with van der Waals surface area (Å²) in [4.78, 5) is 2.46. The number of likely N-dealkylation sites (N-methyl/N-ethyl adjacent to an activating group) is 1. The van der Waals surface area contributed by atoms with E-state index in [0.29, 0.717) is 0 Å². The lowest BCUT2D eigenvalue weighted by molar-refractivity contribution is 0.301. The number of nitrogens with zero attached hydrogens (tertiary/aromatic N) is 3. The molecule has 0 unspecified atom stereocenters. The molecule has 1 aliphatic rings. The van der Waals surface area contributed by atoms with E-state index in [-0.39, 0.29) is 0 Å². The van der Waals surface area contributed by atoms with Crippen molar-refractivity contribution in [1.29, 1.82) is 0 Å². The summed E-state index contributed by atoms with van der Waals surface area (Å²) in [5.74, 6) is 0.723. The zero-order valence-electron chi connectivity index (χ0n) is 8.95. The number of hydrogen-bond acceptors (Lipinski definition) is 3. The Labute approximate surface area is 84.7 Å². The molecule has 0 fully saturated rings. The standard InChI is InChI=1S/C10H18N4/c1-3-14-6-4-8-9(5-7-14)13(2)12-10(8)11/h3-7H2,1-2H3,(H2,11,12). The molecular formula is C10H18N4. The van der Waals surface area contributed by atoms with Crippen LogP contribution in [0.15, 0.2) is 0 Å². The molecule has 4 nitrogen and oxygen atoms in total. The van der Waals surface area contributed by atoms with E-state index in [4.69, 9.17) is 5.73 Å². The predicted octanol–water partition coefficient (Wildman–Crippen LogP) is 0.423. The lowest BCUT2D eigenvalue weighted by Crippen LogP contribution is -2.26. The van der Waals surface area contributed by atoms with Gasteiger partial charge in [-0.15, -0.1) is 0 Å². The van der Waals surface area contributed by atoms with Crippen molar-refractivity contribution in [3.05, 3.63) is 11.3 Å². The maximum absolute atomic E-state index is 5.87. The average molecular weight is 194 g/mol. The summed E-state index contributed by atoms with van der Waals surface area (Å²) in [6.45, 7) is 5.57. The van der Waals surface area contributed by atoms with E-state index in [2.05, 4.69) is 16.9 Å². The van der Waals surface area contributed by atoms with Gasteiger partial charge in [0.25, 0.3) is 0 Å². The maximum atomic E-state index is 5.87. The molecule has 0 spiro atoms. The van der Waals surface area contributed by atoms with Crippen molar-refractivity contribution in [1.82, 2.24) is 14.7 Å². The highest BCUT2D eigenvalue weighted by atomic mass is 15.3. The second kappa shape index (κ2) is 3.61. The molecule has 1 aromatic rings. The first kappa shape index (κ1) is 9.52. The van der Waals surface area contributed by atoms with Crippen LogP contribution in [0.1, 0.15) is 18.2 Å². The second-order valence-corrected chi connectivity index (χ2v) is 3.87. The predicted molar refractivity (Wildman–Crippen MR) is 57.1 cm³/mol. The summed E-state index contributed by atoms with van der Waals surface area (Å²) in [7, 11) is 1.98. The Hall–Kier alpha value is -1.03. The number of rotatable bonds is 1. The fraction of sp³-hybridized carbons (Fsp3) is 0.700. The Morgan fingerprint density at radius 3 is 2.79 bits per heavy atom. The summed E-state index contributed by atoms with van der Waals surface area (Å²) in [5, 5.41) is 4.26. The lowest BCUT2D eigenvalue weighted by Gasteiger charge is -2.16. The van der Waals surface area contributed by atoms with Crippen LogP contribution in [-0.2, 0) is 19.9 Å². The zero-order valence-corrected chi connectivity index (χ0v) is 8.95. The second-order valence-electron chi connectivity index (χ2n) is 3.87. The van der Waals surface area contributed by atoms with Crippen molar-refractivity contribution in [2.24, 2.45) is 7.05 Å². The van der Waals surface area contributed by atoms with E-state index in [1.165, 1.54) is 11.3 Å². The zero-order chi connectivity index (χ0) is 10.1. The van der Waals surface area contributed by atoms with Crippen LogP contribution < -0.4 is 5.73 Å². The SMILES string of the molecule is CCN1CCc2c(N)nn(C)c2CC1.